The summed E-state index contributed by atoms with van der Waals surface area (Å²) in [4.78, 5) is 22.2. The van der Waals surface area contributed by atoms with Crippen molar-refractivity contribution in [1.29, 1.82) is 0 Å². The quantitative estimate of drug-likeness (QED) is 0.227. The maximum atomic E-state index is 11.3. The molecule has 1 aromatic carbocycles. The Morgan fingerprint density at radius 3 is 2.19 bits per heavy atom. The number of benzene rings is 1. The molecule has 0 heterocycles. The van der Waals surface area contributed by atoms with E-state index in [1.807, 2.05) is 24.3 Å². The molecule has 0 saturated heterocycles. The molecule has 1 unspecified atom stereocenters. The van der Waals surface area contributed by atoms with Crippen molar-refractivity contribution in [3.8, 4) is 0 Å². The molecule has 7 heteroatoms. The van der Waals surface area contributed by atoms with E-state index in [1.54, 1.807) is 0 Å². The highest BCUT2D eigenvalue weighted by molar-refractivity contribution is 6.57. The monoisotopic (exact) mass is 436 g/mol. The van der Waals surface area contributed by atoms with Crippen LogP contribution >= 0.6 is 34.8 Å². The number of halogens is 3. The Labute approximate surface area is 176 Å². The van der Waals surface area contributed by atoms with Crippen molar-refractivity contribution in [3.63, 3.8) is 0 Å². The van der Waals surface area contributed by atoms with Crippen molar-refractivity contribution >= 4 is 46.7 Å². The first-order valence-corrected chi connectivity index (χ1v) is 10.4. The lowest BCUT2D eigenvalue weighted by Crippen LogP contribution is -2.25. The van der Waals surface area contributed by atoms with Gasteiger partial charge in [0.1, 0.15) is 6.10 Å². The van der Waals surface area contributed by atoms with E-state index in [-0.39, 0.29) is 18.5 Å². The topological polar surface area (TPSA) is 63.6 Å². The van der Waals surface area contributed by atoms with Crippen molar-refractivity contribution in [2.75, 3.05) is 0 Å². The summed E-state index contributed by atoms with van der Waals surface area (Å²) < 4.78 is 3.68. The van der Waals surface area contributed by atoms with Crippen LogP contribution in [0, 0.1) is 0 Å². The molecule has 0 radical (unpaired) electrons. The minimum Gasteiger partial charge on any atom is -0.479 e. The number of aliphatic carboxylic acids is 1. The first kappa shape index (κ1) is 24.1. The lowest BCUT2D eigenvalue weighted by Gasteiger charge is -2.18. The maximum absolute atomic E-state index is 11.3. The predicted molar refractivity (Wildman–Crippen MR) is 110 cm³/mol. The summed E-state index contributed by atoms with van der Waals surface area (Å²) in [6.07, 6.45) is 6.84. The summed E-state index contributed by atoms with van der Waals surface area (Å²) in [5.41, 5.74) is 1.24. The van der Waals surface area contributed by atoms with Crippen LogP contribution < -0.4 is 0 Å². The summed E-state index contributed by atoms with van der Waals surface area (Å²) in [7, 11) is 0. The van der Waals surface area contributed by atoms with Gasteiger partial charge < -0.3 is 9.84 Å². The molecule has 27 heavy (non-hydrogen) atoms. The number of esters is 1. The fourth-order valence-corrected chi connectivity index (χ4v) is 3.25. The van der Waals surface area contributed by atoms with Crippen LogP contribution in [0.25, 0.3) is 0 Å². The molecule has 0 spiro atoms. The van der Waals surface area contributed by atoms with E-state index in [1.165, 1.54) is 12.5 Å². The second-order valence-electron chi connectivity index (χ2n) is 6.71. The molecule has 0 aliphatic rings. The van der Waals surface area contributed by atoms with Crippen molar-refractivity contribution in [1.82, 2.24) is 0 Å². The third-order valence-electron chi connectivity index (χ3n) is 4.32. The Morgan fingerprint density at radius 1 is 1.04 bits per heavy atom. The first-order valence-electron chi connectivity index (χ1n) is 9.23. The molecule has 4 nitrogen and oxygen atoms in total. The van der Waals surface area contributed by atoms with Gasteiger partial charge in [-0.05, 0) is 69.1 Å². The SMILES string of the molecule is CC(=O)OC(CCCCCC(Cl)(Cl)C(=O)O)CCCCc1ccc(Cl)cc1. The van der Waals surface area contributed by atoms with Gasteiger partial charge in [-0.1, -0.05) is 53.4 Å². The molecule has 0 amide bonds. The highest BCUT2D eigenvalue weighted by Gasteiger charge is 2.32. The number of carbonyl (C=O) groups excluding carboxylic acids is 1. The zero-order valence-electron chi connectivity index (χ0n) is 15.6. The van der Waals surface area contributed by atoms with Gasteiger partial charge in [-0.15, -0.1) is 0 Å². The molecule has 152 valence electrons. The molecular formula is C20H27Cl3O4. The Hall–Kier alpha value is -0.970. The number of carboxylic acid groups (broad SMARTS) is 1. The van der Waals surface area contributed by atoms with Gasteiger partial charge in [-0.2, -0.15) is 0 Å². The number of carboxylic acids is 1. The smallest absolute Gasteiger partial charge is 0.340 e. The molecule has 1 atom stereocenters. The van der Waals surface area contributed by atoms with Gasteiger partial charge >= 0.3 is 11.9 Å². The first-order chi connectivity index (χ1) is 12.7. The van der Waals surface area contributed by atoms with Gasteiger partial charge in [0.05, 0.1) is 0 Å². The van der Waals surface area contributed by atoms with Gasteiger partial charge in [-0.3, -0.25) is 4.79 Å². The minimum atomic E-state index is -1.73. The van der Waals surface area contributed by atoms with Crippen LogP contribution in [0.2, 0.25) is 5.02 Å². The van der Waals surface area contributed by atoms with E-state index in [2.05, 4.69) is 0 Å². The van der Waals surface area contributed by atoms with Crippen LogP contribution in [0.3, 0.4) is 0 Å². The number of alkyl halides is 2. The zero-order valence-corrected chi connectivity index (χ0v) is 17.8. The number of hydrogen-bond donors (Lipinski definition) is 1. The van der Waals surface area contributed by atoms with Gasteiger partial charge in [0, 0.05) is 11.9 Å². The number of hydrogen-bond acceptors (Lipinski definition) is 3. The third kappa shape index (κ3) is 10.8. The molecule has 0 aromatic heterocycles. The summed E-state index contributed by atoms with van der Waals surface area (Å²) in [5, 5.41) is 9.61. The third-order valence-corrected chi connectivity index (χ3v) is 5.27. The van der Waals surface area contributed by atoms with Crippen molar-refractivity contribution < 1.29 is 19.4 Å². The number of ether oxygens (including phenoxy) is 1. The van der Waals surface area contributed by atoms with E-state index in [9.17, 15) is 9.59 Å². The predicted octanol–water partition coefficient (Wildman–Crippen LogP) is 6.19. The average molecular weight is 438 g/mol. The largest absolute Gasteiger partial charge is 0.479 e. The minimum absolute atomic E-state index is 0.107. The number of carbonyl (C=O) groups is 2. The second-order valence-corrected chi connectivity index (χ2v) is 8.63. The van der Waals surface area contributed by atoms with Crippen LogP contribution in [0.1, 0.15) is 63.9 Å². The molecule has 1 N–H and O–H groups in total. The highest BCUT2D eigenvalue weighted by Crippen LogP contribution is 2.28. The van der Waals surface area contributed by atoms with Gasteiger partial charge in [-0.25, -0.2) is 4.79 Å². The Kier molecular flexibility index (Phi) is 11.1. The summed E-state index contributed by atoms with van der Waals surface area (Å²) in [5.74, 6) is -1.49. The van der Waals surface area contributed by atoms with Crippen molar-refractivity contribution in [3.05, 3.63) is 34.9 Å². The second kappa shape index (κ2) is 12.5. The standard InChI is InChI=1S/C20H27Cl3O4/c1-15(24)27-18(8-3-2-6-14-20(22,23)19(25)26)9-5-4-7-16-10-12-17(21)13-11-16/h10-13,18H,2-9,14H2,1H3,(H,25,26). The Morgan fingerprint density at radius 2 is 1.63 bits per heavy atom. The lowest BCUT2D eigenvalue weighted by atomic mass is 10.0. The molecular weight excluding hydrogens is 411 g/mol. The number of aryl methyl sites for hydroxylation is 1. The molecule has 0 aliphatic heterocycles. The van der Waals surface area contributed by atoms with Crippen LogP contribution in [0.5, 0.6) is 0 Å². The van der Waals surface area contributed by atoms with Crippen molar-refractivity contribution in [2.45, 2.75) is 75.1 Å². The zero-order chi connectivity index (χ0) is 20.3. The number of rotatable bonds is 13. The summed E-state index contributed by atoms with van der Waals surface area (Å²) in [6.45, 7) is 1.42. The van der Waals surface area contributed by atoms with E-state index < -0.39 is 10.3 Å². The fraction of sp³-hybridized carbons (Fsp3) is 0.600. The van der Waals surface area contributed by atoms with E-state index >= 15 is 0 Å². The van der Waals surface area contributed by atoms with E-state index in [0.717, 1.165) is 50.0 Å². The number of unbranched alkanes of at least 4 members (excludes halogenated alkanes) is 3. The Bertz CT molecular complexity index is 587. The summed E-state index contributed by atoms with van der Waals surface area (Å²) in [6, 6.07) is 7.83. The molecule has 0 bridgehead atoms. The van der Waals surface area contributed by atoms with E-state index in [4.69, 9.17) is 44.6 Å². The van der Waals surface area contributed by atoms with E-state index in [0.29, 0.717) is 6.42 Å². The van der Waals surface area contributed by atoms with Gasteiger partial charge in [0.15, 0.2) is 0 Å². The molecule has 0 aliphatic carbocycles. The highest BCUT2D eigenvalue weighted by atomic mass is 35.5. The average Bonchev–Trinajstić information content (AvgIpc) is 2.59. The lowest BCUT2D eigenvalue weighted by molar-refractivity contribution is -0.147. The summed E-state index contributed by atoms with van der Waals surface area (Å²) >= 11 is 17.3. The van der Waals surface area contributed by atoms with Crippen LogP contribution in [0.15, 0.2) is 24.3 Å². The van der Waals surface area contributed by atoms with Crippen molar-refractivity contribution in [2.24, 2.45) is 0 Å². The van der Waals surface area contributed by atoms with Crippen LogP contribution in [0.4, 0.5) is 0 Å². The molecule has 1 rings (SSSR count). The fourth-order valence-electron chi connectivity index (χ4n) is 2.85. The normalized spacial score (nSPS) is 12.6. The van der Waals surface area contributed by atoms with Gasteiger partial charge in [0.2, 0.25) is 4.33 Å². The maximum Gasteiger partial charge on any atom is 0.340 e. The Balaban J connectivity index is 2.26. The molecule has 1 aromatic rings. The molecule has 0 saturated carbocycles. The van der Waals surface area contributed by atoms with Gasteiger partial charge in [0.25, 0.3) is 0 Å². The van der Waals surface area contributed by atoms with Crippen LogP contribution in [-0.2, 0) is 20.7 Å². The van der Waals surface area contributed by atoms with Crippen LogP contribution in [-0.4, -0.2) is 27.5 Å². The molecule has 0 fully saturated rings.